The lowest BCUT2D eigenvalue weighted by molar-refractivity contribution is -0.129. The molecule has 0 rings (SSSR count). The molecule has 0 radical (unpaired) electrons. The molecule has 1 amide bonds. The van der Waals surface area contributed by atoms with Gasteiger partial charge in [0.15, 0.2) is 0 Å². The molecule has 0 aromatic carbocycles. The summed E-state index contributed by atoms with van der Waals surface area (Å²) < 4.78 is 0. The lowest BCUT2D eigenvalue weighted by Gasteiger charge is -2.38. The summed E-state index contributed by atoms with van der Waals surface area (Å²) in [7, 11) is 1.76. The SMILES string of the molecule is CCN(C)C(=O)CNC(C)(C)C(C)(C)O. The highest BCUT2D eigenvalue weighted by molar-refractivity contribution is 5.78. The van der Waals surface area contributed by atoms with Crippen molar-refractivity contribution in [1.29, 1.82) is 0 Å². The quantitative estimate of drug-likeness (QED) is 0.708. The molecule has 0 saturated heterocycles. The molecule has 2 N–H and O–H groups in total. The van der Waals surface area contributed by atoms with Crippen LogP contribution in [0.1, 0.15) is 34.6 Å². The van der Waals surface area contributed by atoms with E-state index in [1.807, 2.05) is 20.8 Å². The molecule has 0 aliphatic carbocycles. The topological polar surface area (TPSA) is 52.6 Å². The first-order chi connectivity index (χ1) is 6.62. The van der Waals surface area contributed by atoms with Crippen LogP contribution in [0.3, 0.4) is 0 Å². The Kier molecular flexibility index (Phi) is 4.74. The van der Waals surface area contributed by atoms with Crippen molar-refractivity contribution in [2.45, 2.75) is 45.8 Å². The Bertz CT molecular complexity index is 219. The van der Waals surface area contributed by atoms with E-state index in [0.29, 0.717) is 6.54 Å². The summed E-state index contributed by atoms with van der Waals surface area (Å²) in [6.07, 6.45) is 0. The van der Waals surface area contributed by atoms with Crippen LogP contribution in [-0.2, 0) is 4.79 Å². The molecule has 0 saturated carbocycles. The molecule has 4 nitrogen and oxygen atoms in total. The molecule has 0 heterocycles. The Hall–Kier alpha value is -0.610. The van der Waals surface area contributed by atoms with Gasteiger partial charge in [-0.3, -0.25) is 4.79 Å². The largest absolute Gasteiger partial charge is 0.389 e. The van der Waals surface area contributed by atoms with E-state index in [1.54, 1.807) is 25.8 Å². The molecular formula is C11H24N2O2. The van der Waals surface area contributed by atoms with Gasteiger partial charge in [0.05, 0.1) is 12.1 Å². The molecule has 0 unspecified atom stereocenters. The van der Waals surface area contributed by atoms with E-state index in [9.17, 15) is 9.90 Å². The van der Waals surface area contributed by atoms with Crippen LogP contribution in [0.4, 0.5) is 0 Å². The molecule has 0 spiro atoms. The summed E-state index contributed by atoms with van der Waals surface area (Å²) >= 11 is 0. The van der Waals surface area contributed by atoms with Crippen LogP contribution in [0, 0.1) is 0 Å². The van der Waals surface area contributed by atoms with Crippen molar-refractivity contribution in [3.05, 3.63) is 0 Å². The van der Waals surface area contributed by atoms with Crippen LogP contribution >= 0.6 is 0 Å². The molecule has 4 heteroatoms. The maximum absolute atomic E-state index is 11.5. The Morgan fingerprint density at radius 2 is 1.80 bits per heavy atom. The first-order valence-electron chi connectivity index (χ1n) is 5.33. The van der Waals surface area contributed by atoms with Crippen LogP contribution < -0.4 is 5.32 Å². The fourth-order valence-corrected chi connectivity index (χ4v) is 0.824. The van der Waals surface area contributed by atoms with Crippen molar-refractivity contribution in [1.82, 2.24) is 10.2 Å². The molecule has 0 fully saturated rings. The Morgan fingerprint density at radius 1 is 1.33 bits per heavy atom. The smallest absolute Gasteiger partial charge is 0.236 e. The standard InChI is InChI=1S/C11H24N2O2/c1-7-13(6)9(14)8-12-10(2,3)11(4,5)15/h12,15H,7-8H2,1-6H3. The molecule has 90 valence electrons. The summed E-state index contributed by atoms with van der Waals surface area (Å²) in [6.45, 7) is 10.1. The zero-order valence-electron chi connectivity index (χ0n) is 10.7. The number of carbonyl (C=O) groups excluding carboxylic acids is 1. The Balaban J connectivity index is 4.22. The lowest BCUT2D eigenvalue weighted by Crippen LogP contribution is -2.57. The molecule has 15 heavy (non-hydrogen) atoms. The van der Waals surface area contributed by atoms with Gasteiger partial charge >= 0.3 is 0 Å². The molecule has 0 bridgehead atoms. The van der Waals surface area contributed by atoms with E-state index in [4.69, 9.17) is 0 Å². The minimum Gasteiger partial charge on any atom is -0.389 e. The monoisotopic (exact) mass is 216 g/mol. The van der Waals surface area contributed by atoms with Gasteiger partial charge in [-0.2, -0.15) is 0 Å². The predicted octanol–water partition coefficient (Wildman–Crippen LogP) is 0.604. The summed E-state index contributed by atoms with van der Waals surface area (Å²) in [5.74, 6) is 0.0369. The fourth-order valence-electron chi connectivity index (χ4n) is 0.824. The third-order valence-corrected chi connectivity index (χ3v) is 3.11. The third kappa shape index (κ3) is 4.18. The number of hydrogen-bond acceptors (Lipinski definition) is 3. The number of nitrogens with one attached hydrogen (secondary N) is 1. The van der Waals surface area contributed by atoms with Gasteiger partial charge in [-0.15, -0.1) is 0 Å². The predicted molar refractivity (Wildman–Crippen MR) is 61.7 cm³/mol. The Labute approximate surface area is 92.7 Å². The minimum absolute atomic E-state index is 0.0369. The van der Waals surface area contributed by atoms with Crippen molar-refractivity contribution in [2.24, 2.45) is 0 Å². The van der Waals surface area contributed by atoms with Gasteiger partial charge in [0, 0.05) is 19.1 Å². The fraction of sp³-hybridized carbons (Fsp3) is 0.909. The van der Waals surface area contributed by atoms with Crippen molar-refractivity contribution in [3.63, 3.8) is 0 Å². The number of amides is 1. The number of carbonyl (C=O) groups is 1. The van der Waals surface area contributed by atoms with Gasteiger partial charge in [0.25, 0.3) is 0 Å². The van der Waals surface area contributed by atoms with Crippen LogP contribution in [-0.4, -0.2) is 47.2 Å². The summed E-state index contributed by atoms with van der Waals surface area (Å²) in [5, 5.41) is 12.9. The second kappa shape index (κ2) is 4.94. The molecule has 0 aromatic heterocycles. The maximum atomic E-state index is 11.5. The van der Waals surface area contributed by atoms with E-state index in [2.05, 4.69) is 5.32 Å². The highest BCUT2D eigenvalue weighted by atomic mass is 16.3. The number of rotatable bonds is 5. The van der Waals surface area contributed by atoms with Gasteiger partial charge < -0.3 is 15.3 Å². The van der Waals surface area contributed by atoms with E-state index >= 15 is 0 Å². The maximum Gasteiger partial charge on any atom is 0.236 e. The lowest BCUT2D eigenvalue weighted by atomic mass is 9.86. The van der Waals surface area contributed by atoms with Crippen molar-refractivity contribution >= 4 is 5.91 Å². The average Bonchev–Trinajstić information content (AvgIpc) is 2.11. The van der Waals surface area contributed by atoms with Crippen LogP contribution in [0.25, 0.3) is 0 Å². The molecular weight excluding hydrogens is 192 g/mol. The highest BCUT2D eigenvalue weighted by Crippen LogP contribution is 2.19. The zero-order chi connectivity index (χ0) is 12.3. The molecule has 0 aromatic rings. The first kappa shape index (κ1) is 14.4. The third-order valence-electron chi connectivity index (χ3n) is 3.11. The van der Waals surface area contributed by atoms with E-state index in [-0.39, 0.29) is 12.5 Å². The van der Waals surface area contributed by atoms with Crippen molar-refractivity contribution in [2.75, 3.05) is 20.1 Å². The van der Waals surface area contributed by atoms with Crippen LogP contribution in [0.15, 0.2) is 0 Å². The number of nitrogens with zero attached hydrogens (tertiary/aromatic N) is 1. The van der Waals surface area contributed by atoms with E-state index in [0.717, 1.165) is 0 Å². The number of aliphatic hydroxyl groups is 1. The van der Waals surface area contributed by atoms with Gasteiger partial charge in [-0.1, -0.05) is 0 Å². The molecule has 0 atom stereocenters. The summed E-state index contributed by atoms with van der Waals surface area (Å²) in [5.41, 5.74) is -1.35. The molecule has 0 aliphatic rings. The Morgan fingerprint density at radius 3 is 2.13 bits per heavy atom. The normalized spacial score (nSPS) is 12.7. The van der Waals surface area contributed by atoms with Gasteiger partial charge in [0.2, 0.25) is 5.91 Å². The number of likely N-dealkylation sites (N-methyl/N-ethyl adjacent to an activating group) is 1. The first-order valence-corrected chi connectivity index (χ1v) is 5.33. The van der Waals surface area contributed by atoms with Crippen molar-refractivity contribution in [3.8, 4) is 0 Å². The molecule has 0 aliphatic heterocycles. The second-order valence-electron chi connectivity index (χ2n) is 4.95. The average molecular weight is 216 g/mol. The van der Waals surface area contributed by atoms with E-state index < -0.39 is 11.1 Å². The van der Waals surface area contributed by atoms with Crippen molar-refractivity contribution < 1.29 is 9.90 Å². The number of hydrogen-bond donors (Lipinski definition) is 2. The zero-order valence-corrected chi connectivity index (χ0v) is 10.7. The summed E-state index contributed by atoms with van der Waals surface area (Å²) in [6, 6.07) is 0. The van der Waals surface area contributed by atoms with Crippen LogP contribution in [0.5, 0.6) is 0 Å². The van der Waals surface area contributed by atoms with Gasteiger partial charge in [-0.05, 0) is 34.6 Å². The second-order valence-corrected chi connectivity index (χ2v) is 4.95. The van der Waals surface area contributed by atoms with Gasteiger partial charge in [-0.25, -0.2) is 0 Å². The summed E-state index contributed by atoms with van der Waals surface area (Å²) in [4.78, 5) is 13.2. The van der Waals surface area contributed by atoms with Crippen LogP contribution in [0.2, 0.25) is 0 Å². The van der Waals surface area contributed by atoms with E-state index in [1.165, 1.54) is 0 Å². The highest BCUT2D eigenvalue weighted by Gasteiger charge is 2.34. The van der Waals surface area contributed by atoms with Gasteiger partial charge in [0.1, 0.15) is 0 Å². The minimum atomic E-state index is -0.863.